The van der Waals surface area contributed by atoms with E-state index in [0.29, 0.717) is 11.6 Å². The Morgan fingerprint density at radius 2 is 2.11 bits per heavy atom. The van der Waals surface area contributed by atoms with Crippen molar-refractivity contribution in [3.05, 3.63) is 46.8 Å². The van der Waals surface area contributed by atoms with Crippen molar-refractivity contribution in [1.82, 2.24) is 9.97 Å². The van der Waals surface area contributed by atoms with Crippen molar-refractivity contribution in [2.45, 2.75) is 0 Å². The summed E-state index contributed by atoms with van der Waals surface area (Å²) in [5, 5.41) is 2.92. The molecule has 0 spiro atoms. The predicted molar refractivity (Wildman–Crippen MR) is 68.9 cm³/mol. The topological polar surface area (TPSA) is 35.0 Å². The summed E-state index contributed by atoms with van der Waals surface area (Å²) in [5.41, 5.74) is 0. The zero-order valence-electron chi connectivity index (χ0n) is 8.93. The van der Waals surface area contributed by atoms with Crippen LogP contribution in [0.2, 0.25) is 5.02 Å². The summed E-state index contributed by atoms with van der Waals surface area (Å²) in [7, 11) is 0. The summed E-state index contributed by atoms with van der Waals surface area (Å²) in [6.07, 6.45) is 1.42. The largest absolute Gasteiger partial charge is 0.437 e. The Kier molecular flexibility index (Phi) is 2.85. The molecule has 18 heavy (non-hydrogen) atoms. The first kappa shape index (κ1) is 11.4. The van der Waals surface area contributed by atoms with Gasteiger partial charge in [0.05, 0.1) is 10.4 Å². The van der Waals surface area contributed by atoms with E-state index in [0.717, 1.165) is 10.2 Å². The lowest BCUT2D eigenvalue weighted by Crippen LogP contribution is -1.90. The molecule has 0 aliphatic rings. The molecule has 0 saturated heterocycles. The molecule has 3 rings (SSSR count). The standard InChI is InChI=1S/C12H6ClFN2OS/c13-9-5-7(14)1-2-10(9)17-11-8-3-4-18-12(8)16-6-15-11/h1-6H. The summed E-state index contributed by atoms with van der Waals surface area (Å²) >= 11 is 7.39. The van der Waals surface area contributed by atoms with Crippen molar-refractivity contribution in [1.29, 1.82) is 0 Å². The fraction of sp³-hybridized carbons (Fsp3) is 0. The summed E-state index contributed by atoms with van der Waals surface area (Å²) in [6.45, 7) is 0. The fourth-order valence-electron chi connectivity index (χ4n) is 1.51. The van der Waals surface area contributed by atoms with Gasteiger partial charge in [0, 0.05) is 0 Å². The highest BCUT2D eigenvalue weighted by atomic mass is 35.5. The number of rotatable bonds is 2. The molecule has 6 heteroatoms. The van der Waals surface area contributed by atoms with Crippen molar-refractivity contribution in [3.63, 3.8) is 0 Å². The van der Waals surface area contributed by atoms with E-state index >= 15 is 0 Å². The zero-order valence-corrected chi connectivity index (χ0v) is 10.5. The van der Waals surface area contributed by atoms with Gasteiger partial charge in [-0.3, -0.25) is 0 Å². The lowest BCUT2D eigenvalue weighted by Gasteiger charge is -2.06. The van der Waals surface area contributed by atoms with Gasteiger partial charge in [-0.1, -0.05) is 11.6 Å². The Labute approximate surface area is 111 Å². The van der Waals surface area contributed by atoms with Crippen LogP contribution < -0.4 is 4.74 Å². The molecule has 0 atom stereocenters. The van der Waals surface area contributed by atoms with E-state index < -0.39 is 5.82 Å². The van der Waals surface area contributed by atoms with Gasteiger partial charge in [-0.15, -0.1) is 11.3 Å². The molecule has 3 nitrogen and oxygen atoms in total. The van der Waals surface area contributed by atoms with Gasteiger partial charge in [0.2, 0.25) is 5.88 Å². The number of halogens is 2. The smallest absolute Gasteiger partial charge is 0.231 e. The summed E-state index contributed by atoms with van der Waals surface area (Å²) < 4.78 is 18.5. The molecule has 90 valence electrons. The van der Waals surface area contributed by atoms with Gasteiger partial charge in [-0.25, -0.2) is 14.4 Å². The third-order valence-corrected chi connectivity index (χ3v) is 3.44. The van der Waals surface area contributed by atoms with Gasteiger partial charge in [0.25, 0.3) is 0 Å². The van der Waals surface area contributed by atoms with Crippen LogP contribution in [0.3, 0.4) is 0 Å². The number of thiophene rings is 1. The Morgan fingerprint density at radius 3 is 2.94 bits per heavy atom. The minimum atomic E-state index is -0.407. The first-order chi connectivity index (χ1) is 8.74. The summed E-state index contributed by atoms with van der Waals surface area (Å²) in [4.78, 5) is 9.01. The van der Waals surface area contributed by atoms with E-state index in [4.69, 9.17) is 16.3 Å². The Balaban J connectivity index is 2.03. The lowest BCUT2D eigenvalue weighted by molar-refractivity contribution is 0.467. The second kappa shape index (κ2) is 4.51. The molecular formula is C12H6ClFN2OS. The molecule has 0 fully saturated rings. The molecule has 0 unspecified atom stereocenters. The van der Waals surface area contributed by atoms with Crippen molar-refractivity contribution in [2.75, 3.05) is 0 Å². The third kappa shape index (κ3) is 2.02. The maximum absolute atomic E-state index is 12.9. The van der Waals surface area contributed by atoms with E-state index in [9.17, 15) is 4.39 Å². The number of fused-ring (bicyclic) bond motifs is 1. The van der Waals surface area contributed by atoms with Crippen molar-refractivity contribution in [3.8, 4) is 11.6 Å². The number of ether oxygens (including phenoxy) is 1. The fourth-order valence-corrected chi connectivity index (χ4v) is 2.44. The highest BCUT2D eigenvalue weighted by Crippen LogP contribution is 2.33. The van der Waals surface area contributed by atoms with Gasteiger partial charge in [0.1, 0.15) is 22.7 Å². The number of hydrogen-bond acceptors (Lipinski definition) is 4. The Bertz CT molecular complexity index is 716. The monoisotopic (exact) mass is 280 g/mol. The average molecular weight is 281 g/mol. The van der Waals surface area contributed by atoms with Crippen LogP contribution in [0.5, 0.6) is 11.6 Å². The number of hydrogen-bond donors (Lipinski definition) is 0. The Morgan fingerprint density at radius 1 is 1.22 bits per heavy atom. The second-order valence-electron chi connectivity index (χ2n) is 3.50. The third-order valence-electron chi connectivity index (χ3n) is 2.33. The normalized spacial score (nSPS) is 10.8. The van der Waals surface area contributed by atoms with E-state index in [2.05, 4.69) is 9.97 Å². The van der Waals surface area contributed by atoms with Crippen LogP contribution in [0.1, 0.15) is 0 Å². The van der Waals surface area contributed by atoms with Crippen molar-refractivity contribution in [2.24, 2.45) is 0 Å². The van der Waals surface area contributed by atoms with E-state index in [1.807, 2.05) is 11.4 Å². The van der Waals surface area contributed by atoms with Crippen molar-refractivity contribution < 1.29 is 9.13 Å². The SMILES string of the molecule is Fc1ccc(Oc2ncnc3sccc23)c(Cl)c1. The van der Waals surface area contributed by atoms with E-state index in [1.165, 1.54) is 35.9 Å². The van der Waals surface area contributed by atoms with Gasteiger partial charge in [-0.2, -0.15) is 0 Å². The highest BCUT2D eigenvalue weighted by molar-refractivity contribution is 7.16. The molecule has 1 aromatic carbocycles. The zero-order chi connectivity index (χ0) is 12.5. The number of benzene rings is 1. The molecule has 0 radical (unpaired) electrons. The molecule has 0 aliphatic carbocycles. The van der Waals surface area contributed by atoms with Gasteiger partial charge < -0.3 is 4.74 Å². The number of aromatic nitrogens is 2. The summed E-state index contributed by atoms with van der Waals surface area (Å²) in [6, 6.07) is 5.82. The lowest BCUT2D eigenvalue weighted by atomic mass is 10.3. The molecule has 0 bridgehead atoms. The van der Waals surface area contributed by atoms with Crippen LogP contribution in [0.4, 0.5) is 4.39 Å². The predicted octanol–water partition coefficient (Wildman–Crippen LogP) is 4.28. The van der Waals surface area contributed by atoms with E-state index in [-0.39, 0.29) is 5.02 Å². The highest BCUT2D eigenvalue weighted by Gasteiger charge is 2.09. The second-order valence-corrected chi connectivity index (χ2v) is 4.80. The average Bonchev–Trinajstić information content (AvgIpc) is 2.82. The molecule has 0 N–H and O–H groups in total. The van der Waals surface area contributed by atoms with Crippen LogP contribution in [-0.2, 0) is 0 Å². The first-order valence-corrected chi connectivity index (χ1v) is 6.31. The molecule has 0 saturated carbocycles. The van der Waals surface area contributed by atoms with Crippen LogP contribution in [0, 0.1) is 5.82 Å². The number of nitrogens with zero attached hydrogens (tertiary/aromatic N) is 2. The molecule has 2 aromatic heterocycles. The summed E-state index contributed by atoms with van der Waals surface area (Å²) in [5.74, 6) is 0.370. The maximum atomic E-state index is 12.9. The van der Waals surface area contributed by atoms with Gasteiger partial charge in [0.15, 0.2) is 0 Å². The van der Waals surface area contributed by atoms with E-state index in [1.54, 1.807) is 0 Å². The van der Waals surface area contributed by atoms with Gasteiger partial charge in [-0.05, 0) is 29.6 Å². The molecule has 2 heterocycles. The first-order valence-electron chi connectivity index (χ1n) is 5.05. The minimum absolute atomic E-state index is 0.206. The Hall–Kier alpha value is -1.72. The maximum Gasteiger partial charge on any atom is 0.231 e. The van der Waals surface area contributed by atoms with Gasteiger partial charge >= 0.3 is 0 Å². The molecular weight excluding hydrogens is 275 g/mol. The van der Waals surface area contributed by atoms with Crippen molar-refractivity contribution >= 4 is 33.2 Å². The quantitative estimate of drug-likeness (QED) is 0.703. The van der Waals surface area contributed by atoms with Crippen LogP contribution in [0.25, 0.3) is 10.2 Å². The molecule has 0 amide bonds. The van der Waals surface area contributed by atoms with Crippen LogP contribution in [-0.4, -0.2) is 9.97 Å². The molecule has 0 aliphatic heterocycles. The minimum Gasteiger partial charge on any atom is -0.437 e. The van der Waals surface area contributed by atoms with Crippen LogP contribution in [0.15, 0.2) is 36.0 Å². The van der Waals surface area contributed by atoms with Crippen LogP contribution >= 0.6 is 22.9 Å². The molecule has 3 aromatic rings.